The average molecular weight is 310 g/mol. The average Bonchev–Trinajstić information content (AvgIpc) is 2.54. The quantitative estimate of drug-likeness (QED) is 0.805. The maximum atomic E-state index is 12.0. The third-order valence-electron chi connectivity index (χ3n) is 2.52. The summed E-state index contributed by atoms with van der Waals surface area (Å²) in [4.78, 5) is 24.3. The number of fused-ring (bicyclic) bond motifs is 1. The first-order valence-electron chi connectivity index (χ1n) is 5.16. The fourth-order valence-electron chi connectivity index (χ4n) is 1.78. The van der Waals surface area contributed by atoms with Crippen molar-refractivity contribution in [2.75, 3.05) is 17.2 Å². The zero-order valence-electron chi connectivity index (χ0n) is 9.33. The molecule has 1 heterocycles. The topological polar surface area (TPSA) is 37.4 Å². The van der Waals surface area contributed by atoms with Gasteiger partial charge in [0.2, 0.25) is 0 Å². The van der Waals surface area contributed by atoms with Crippen LogP contribution in [0.2, 0.25) is 5.02 Å². The molecule has 0 N–H and O–H groups in total. The number of alkyl halides is 3. The molecule has 0 fully saturated rings. The predicted octanol–water partition coefficient (Wildman–Crippen LogP) is 3.12. The molecule has 1 aromatic carbocycles. The molecule has 0 atom stereocenters. The number of rotatable bonds is 3. The van der Waals surface area contributed by atoms with Crippen LogP contribution in [0.4, 0.5) is 18.9 Å². The molecule has 0 saturated carbocycles. The number of hydrogen-bond donors (Lipinski definition) is 0. The van der Waals surface area contributed by atoms with Crippen molar-refractivity contribution in [2.45, 2.75) is 5.51 Å². The van der Waals surface area contributed by atoms with E-state index < -0.39 is 17.2 Å². The van der Waals surface area contributed by atoms with Crippen LogP contribution in [-0.4, -0.2) is 29.5 Å². The van der Waals surface area contributed by atoms with E-state index >= 15 is 0 Å². The molecule has 0 saturated heterocycles. The molecule has 0 bridgehead atoms. The first-order valence-corrected chi connectivity index (χ1v) is 6.53. The van der Waals surface area contributed by atoms with E-state index in [-0.39, 0.29) is 40.3 Å². The van der Waals surface area contributed by atoms with E-state index in [9.17, 15) is 22.8 Å². The van der Waals surface area contributed by atoms with Crippen LogP contribution in [0.1, 0.15) is 10.4 Å². The van der Waals surface area contributed by atoms with Gasteiger partial charge in [-0.3, -0.25) is 9.59 Å². The standard InChI is InChI=1S/C11H7ClF3NO2S/c12-7-3-1-2-6-8(7)16(10(18)9(6)17)4-5-19-11(13,14)15/h1-3H,4-5H2. The van der Waals surface area contributed by atoms with Crippen LogP contribution < -0.4 is 4.90 Å². The van der Waals surface area contributed by atoms with Gasteiger partial charge in [0.1, 0.15) is 0 Å². The summed E-state index contributed by atoms with van der Waals surface area (Å²) in [5, 5.41) is 0.175. The van der Waals surface area contributed by atoms with Gasteiger partial charge in [-0.1, -0.05) is 17.7 Å². The highest BCUT2D eigenvalue weighted by Gasteiger charge is 2.38. The van der Waals surface area contributed by atoms with E-state index in [0.717, 1.165) is 4.90 Å². The maximum Gasteiger partial charge on any atom is 0.441 e. The van der Waals surface area contributed by atoms with Crippen molar-refractivity contribution in [3.8, 4) is 0 Å². The summed E-state index contributed by atoms with van der Waals surface area (Å²) in [7, 11) is 0. The van der Waals surface area contributed by atoms with Gasteiger partial charge >= 0.3 is 5.51 Å². The molecule has 102 valence electrons. The molecule has 0 aromatic heterocycles. The second kappa shape index (κ2) is 5.05. The fraction of sp³-hybridized carbons (Fsp3) is 0.273. The van der Waals surface area contributed by atoms with Gasteiger partial charge in [0.05, 0.1) is 16.3 Å². The van der Waals surface area contributed by atoms with E-state index in [0.29, 0.717) is 0 Å². The Labute approximate surface area is 115 Å². The Morgan fingerprint density at radius 1 is 1.26 bits per heavy atom. The molecule has 1 amide bonds. The summed E-state index contributed by atoms with van der Waals surface area (Å²) < 4.78 is 36.1. The number of halogens is 4. The Kier molecular flexibility index (Phi) is 3.78. The number of carbonyl (C=O) groups is 2. The van der Waals surface area contributed by atoms with Crippen molar-refractivity contribution < 1.29 is 22.8 Å². The number of thioether (sulfide) groups is 1. The van der Waals surface area contributed by atoms with Crippen LogP contribution in [0.25, 0.3) is 0 Å². The molecule has 8 heteroatoms. The number of ketones is 1. The SMILES string of the molecule is O=C1C(=O)N(CCSC(F)(F)F)c2c(Cl)cccc21. The van der Waals surface area contributed by atoms with Gasteiger partial charge in [0.25, 0.3) is 11.7 Å². The lowest BCUT2D eigenvalue weighted by Gasteiger charge is -2.17. The van der Waals surface area contributed by atoms with Gasteiger partial charge in [-0.2, -0.15) is 13.2 Å². The molecule has 0 spiro atoms. The van der Waals surface area contributed by atoms with Crippen molar-refractivity contribution in [1.82, 2.24) is 0 Å². The summed E-state index contributed by atoms with van der Waals surface area (Å²) in [6, 6.07) is 4.43. The van der Waals surface area contributed by atoms with Crippen LogP contribution in [0.15, 0.2) is 18.2 Å². The van der Waals surface area contributed by atoms with E-state index in [1.165, 1.54) is 18.2 Å². The number of carbonyl (C=O) groups excluding carboxylic acids is 2. The predicted molar refractivity (Wildman–Crippen MR) is 66.6 cm³/mol. The molecule has 0 aliphatic carbocycles. The number of para-hydroxylation sites is 1. The van der Waals surface area contributed by atoms with Crippen LogP contribution in [0.3, 0.4) is 0 Å². The molecule has 1 aromatic rings. The van der Waals surface area contributed by atoms with Gasteiger partial charge in [-0.25, -0.2) is 0 Å². The Balaban J connectivity index is 2.19. The van der Waals surface area contributed by atoms with Crippen molar-refractivity contribution in [3.63, 3.8) is 0 Å². The second-order valence-corrected chi connectivity index (χ2v) is 5.28. The van der Waals surface area contributed by atoms with Crippen LogP contribution in [-0.2, 0) is 4.79 Å². The number of amides is 1. The van der Waals surface area contributed by atoms with Crippen molar-refractivity contribution in [1.29, 1.82) is 0 Å². The molecular weight excluding hydrogens is 303 g/mol. The monoisotopic (exact) mass is 309 g/mol. The Hall–Kier alpha value is -1.21. The minimum absolute atomic E-state index is 0.134. The van der Waals surface area contributed by atoms with E-state index in [1.54, 1.807) is 0 Å². The lowest BCUT2D eigenvalue weighted by Crippen LogP contribution is -2.32. The first kappa shape index (κ1) is 14.2. The zero-order chi connectivity index (χ0) is 14.2. The van der Waals surface area contributed by atoms with E-state index in [2.05, 4.69) is 0 Å². The van der Waals surface area contributed by atoms with Crippen molar-refractivity contribution in [2.24, 2.45) is 0 Å². The summed E-state index contributed by atoms with van der Waals surface area (Å²) in [6.45, 7) is -0.217. The normalized spacial score (nSPS) is 15.1. The largest absolute Gasteiger partial charge is 0.441 e. The Morgan fingerprint density at radius 2 is 1.95 bits per heavy atom. The minimum Gasteiger partial charge on any atom is -0.302 e. The highest BCUT2D eigenvalue weighted by atomic mass is 35.5. The Bertz CT molecular complexity index is 547. The summed E-state index contributed by atoms with van der Waals surface area (Å²) in [5.41, 5.74) is -4.03. The highest BCUT2D eigenvalue weighted by Crippen LogP contribution is 2.36. The lowest BCUT2D eigenvalue weighted by atomic mass is 10.1. The summed E-state index contributed by atoms with van der Waals surface area (Å²) in [5.74, 6) is -1.94. The number of nitrogens with zero attached hydrogens (tertiary/aromatic N) is 1. The number of anilines is 1. The van der Waals surface area contributed by atoms with Crippen molar-refractivity contribution in [3.05, 3.63) is 28.8 Å². The molecule has 1 aliphatic rings. The molecule has 0 radical (unpaired) electrons. The fourth-order valence-corrected chi connectivity index (χ4v) is 2.56. The van der Waals surface area contributed by atoms with Crippen molar-refractivity contribution >= 4 is 40.7 Å². The van der Waals surface area contributed by atoms with Crippen LogP contribution >= 0.6 is 23.4 Å². The molecule has 1 aliphatic heterocycles. The summed E-state index contributed by atoms with van der Waals surface area (Å²) >= 11 is 5.64. The minimum atomic E-state index is -4.36. The molecule has 19 heavy (non-hydrogen) atoms. The smallest absolute Gasteiger partial charge is 0.302 e. The maximum absolute atomic E-state index is 12.0. The van der Waals surface area contributed by atoms with Gasteiger partial charge in [0.15, 0.2) is 0 Å². The van der Waals surface area contributed by atoms with Crippen LogP contribution in [0, 0.1) is 0 Å². The number of hydrogen-bond acceptors (Lipinski definition) is 3. The van der Waals surface area contributed by atoms with E-state index in [1.807, 2.05) is 0 Å². The van der Waals surface area contributed by atoms with Gasteiger partial charge < -0.3 is 4.90 Å². The van der Waals surface area contributed by atoms with Gasteiger partial charge in [-0.05, 0) is 23.9 Å². The molecule has 0 unspecified atom stereocenters. The van der Waals surface area contributed by atoms with E-state index in [4.69, 9.17) is 11.6 Å². The molecule has 3 nitrogen and oxygen atoms in total. The second-order valence-electron chi connectivity index (χ2n) is 3.72. The summed E-state index contributed by atoms with van der Waals surface area (Å²) in [6.07, 6.45) is 0. The molecular formula is C11H7ClF3NO2S. The van der Waals surface area contributed by atoms with Crippen LogP contribution in [0.5, 0.6) is 0 Å². The third kappa shape index (κ3) is 2.87. The lowest BCUT2D eigenvalue weighted by molar-refractivity contribution is -0.114. The first-order chi connectivity index (χ1) is 8.81. The third-order valence-corrected chi connectivity index (χ3v) is 3.54. The highest BCUT2D eigenvalue weighted by molar-refractivity contribution is 8.00. The number of benzene rings is 1. The zero-order valence-corrected chi connectivity index (χ0v) is 10.9. The Morgan fingerprint density at radius 3 is 2.58 bits per heavy atom. The molecule has 2 rings (SSSR count). The van der Waals surface area contributed by atoms with Gasteiger partial charge in [-0.15, -0.1) is 0 Å². The number of Topliss-reactive ketones (excluding diaryl/α,β-unsaturated/α-hetero) is 1. The van der Waals surface area contributed by atoms with Gasteiger partial charge in [0, 0.05) is 12.3 Å².